The maximum absolute atomic E-state index is 12.5. The summed E-state index contributed by atoms with van der Waals surface area (Å²) in [6.07, 6.45) is 0. The highest BCUT2D eigenvalue weighted by Crippen LogP contribution is 2.24. The number of hydrogen-bond donors (Lipinski definition) is 0. The Kier molecular flexibility index (Phi) is 5.86. The van der Waals surface area contributed by atoms with E-state index in [1.165, 1.54) is 11.4 Å². The summed E-state index contributed by atoms with van der Waals surface area (Å²) in [6, 6.07) is 13.7. The Morgan fingerprint density at radius 1 is 1.18 bits per heavy atom. The summed E-state index contributed by atoms with van der Waals surface area (Å²) in [5.74, 6) is 0.610. The van der Waals surface area contributed by atoms with Crippen LogP contribution in [-0.2, 0) is 10.0 Å². The minimum atomic E-state index is -3.55. The Bertz CT molecular complexity index is 752. The molecule has 0 aliphatic heterocycles. The quantitative estimate of drug-likeness (QED) is 0.735. The van der Waals surface area contributed by atoms with Crippen molar-refractivity contribution in [3.8, 4) is 5.75 Å². The van der Waals surface area contributed by atoms with Gasteiger partial charge in [-0.1, -0.05) is 29.8 Å². The molecular formula is C15H15BrClNO3S. The second-order valence-electron chi connectivity index (χ2n) is 4.56. The molecule has 0 heterocycles. The van der Waals surface area contributed by atoms with Gasteiger partial charge in [-0.3, -0.25) is 0 Å². The van der Waals surface area contributed by atoms with Crippen LogP contribution < -0.4 is 4.74 Å². The fraction of sp³-hybridized carbons (Fsp3) is 0.200. The average Bonchev–Trinajstić information content (AvgIpc) is 2.47. The molecule has 4 nitrogen and oxygen atoms in total. The van der Waals surface area contributed by atoms with Crippen molar-refractivity contribution in [2.24, 2.45) is 0 Å². The topological polar surface area (TPSA) is 46.6 Å². The van der Waals surface area contributed by atoms with E-state index in [1.807, 2.05) is 0 Å². The van der Waals surface area contributed by atoms with Gasteiger partial charge in [-0.25, -0.2) is 8.42 Å². The molecule has 0 aliphatic carbocycles. The number of ether oxygens (including phenoxy) is 1. The van der Waals surface area contributed by atoms with Gasteiger partial charge in [0.2, 0.25) is 10.0 Å². The van der Waals surface area contributed by atoms with Gasteiger partial charge in [-0.05, 0) is 46.3 Å². The van der Waals surface area contributed by atoms with Crippen LogP contribution in [0, 0.1) is 0 Å². The number of nitrogens with zero attached hydrogens (tertiary/aromatic N) is 1. The number of benzene rings is 2. The van der Waals surface area contributed by atoms with Gasteiger partial charge >= 0.3 is 0 Å². The van der Waals surface area contributed by atoms with E-state index in [2.05, 4.69) is 15.9 Å². The largest absolute Gasteiger partial charge is 0.492 e. The van der Waals surface area contributed by atoms with Crippen molar-refractivity contribution in [2.75, 3.05) is 20.2 Å². The van der Waals surface area contributed by atoms with Crippen LogP contribution in [0.5, 0.6) is 5.75 Å². The van der Waals surface area contributed by atoms with E-state index >= 15 is 0 Å². The third kappa shape index (κ3) is 4.23. The number of rotatable bonds is 6. The van der Waals surface area contributed by atoms with E-state index in [0.717, 1.165) is 0 Å². The lowest BCUT2D eigenvalue weighted by Gasteiger charge is -2.18. The lowest BCUT2D eigenvalue weighted by Crippen LogP contribution is -2.31. The minimum Gasteiger partial charge on any atom is -0.492 e. The molecule has 0 N–H and O–H groups in total. The Labute approximate surface area is 143 Å². The molecule has 0 aliphatic rings. The van der Waals surface area contributed by atoms with Gasteiger partial charge in [0.25, 0.3) is 0 Å². The first-order chi connectivity index (χ1) is 10.4. The van der Waals surface area contributed by atoms with Crippen LogP contribution in [-0.4, -0.2) is 32.9 Å². The van der Waals surface area contributed by atoms with E-state index in [-0.39, 0.29) is 18.0 Å². The van der Waals surface area contributed by atoms with Crippen molar-refractivity contribution in [1.29, 1.82) is 0 Å². The summed E-state index contributed by atoms with van der Waals surface area (Å²) in [5, 5.41) is 0.576. The zero-order valence-electron chi connectivity index (χ0n) is 11.9. The first kappa shape index (κ1) is 17.3. The third-order valence-electron chi connectivity index (χ3n) is 3.00. The standard InChI is InChI=1S/C15H15BrClNO3S/c1-18(9-10-21-13-6-4-5-12(17)11-13)22(19,20)15-8-3-2-7-14(15)16/h2-8,11H,9-10H2,1H3. The molecule has 0 aromatic heterocycles. The highest BCUT2D eigenvalue weighted by Gasteiger charge is 2.22. The van der Waals surface area contributed by atoms with Gasteiger partial charge in [-0.2, -0.15) is 4.31 Å². The monoisotopic (exact) mass is 403 g/mol. The molecule has 2 rings (SSSR count). The lowest BCUT2D eigenvalue weighted by molar-refractivity contribution is 0.287. The first-order valence-corrected chi connectivity index (χ1v) is 9.11. The van der Waals surface area contributed by atoms with E-state index in [0.29, 0.717) is 15.2 Å². The van der Waals surface area contributed by atoms with Crippen molar-refractivity contribution in [1.82, 2.24) is 4.31 Å². The number of hydrogen-bond acceptors (Lipinski definition) is 3. The predicted molar refractivity (Wildman–Crippen MR) is 90.9 cm³/mol. The molecule has 7 heteroatoms. The first-order valence-electron chi connectivity index (χ1n) is 6.50. The summed E-state index contributed by atoms with van der Waals surface area (Å²) in [5.41, 5.74) is 0. The van der Waals surface area contributed by atoms with Gasteiger partial charge in [0.05, 0.1) is 4.90 Å². The molecule has 0 radical (unpaired) electrons. The molecule has 0 atom stereocenters. The molecule has 2 aromatic rings. The summed E-state index contributed by atoms with van der Waals surface area (Å²) in [6.45, 7) is 0.469. The third-order valence-corrected chi connectivity index (χ3v) is 6.10. The summed E-state index contributed by atoms with van der Waals surface area (Å²) in [4.78, 5) is 0.236. The van der Waals surface area contributed by atoms with E-state index in [4.69, 9.17) is 16.3 Å². The van der Waals surface area contributed by atoms with Crippen LogP contribution in [0.4, 0.5) is 0 Å². The summed E-state index contributed by atoms with van der Waals surface area (Å²) >= 11 is 9.13. The van der Waals surface area contributed by atoms with E-state index < -0.39 is 10.0 Å². The molecule has 22 heavy (non-hydrogen) atoms. The Balaban J connectivity index is 2.00. The van der Waals surface area contributed by atoms with Crippen molar-refractivity contribution < 1.29 is 13.2 Å². The number of sulfonamides is 1. The van der Waals surface area contributed by atoms with Crippen LogP contribution in [0.1, 0.15) is 0 Å². The molecule has 118 valence electrons. The summed E-state index contributed by atoms with van der Waals surface area (Å²) in [7, 11) is -2.03. The average molecular weight is 405 g/mol. The zero-order valence-corrected chi connectivity index (χ0v) is 15.0. The smallest absolute Gasteiger partial charge is 0.244 e. The SMILES string of the molecule is CN(CCOc1cccc(Cl)c1)S(=O)(=O)c1ccccc1Br. The van der Waals surface area contributed by atoms with Crippen LogP contribution in [0.25, 0.3) is 0 Å². The Hall–Kier alpha value is -1.08. The predicted octanol–water partition coefficient (Wildman–Crippen LogP) is 3.80. The molecular weight excluding hydrogens is 390 g/mol. The fourth-order valence-corrected chi connectivity index (χ4v) is 4.09. The van der Waals surface area contributed by atoms with Crippen molar-refractivity contribution in [3.05, 3.63) is 58.0 Å². The normalized spacial score (nSPS) is 11.6. The second-order valence-corrected chi connectivity index (χ2v) is 7.87. The Morgan fingerprint density at radius 3 is 2.59 bits per heavy atom. The molecule has 0 fully saturated rings. The van der Waals surface area contributed by atoms with Gasteiger partial charge in [-0.15, -0.1) is 0 Å². The van der Waals surface area contributed by atoms with E-state index in [1.54, 1.807) is 48.5 Å². The fourth-order valence-electron chi connectivity index (χ4n) is 1.79. The van der Waals surface area contributed by atoms with Gasteiger partial charge in [0.1, 0.15) is 12.4 Å². The van der Waals surface area contributed by atoms with Crippen LogP contribution in [0.15, 0.2) is 57.9 Å². The van der Waals surface area contributed by atoms with Crippen molar-refractivity contribution in [2.45, 2.75) is 4.90 Å². The highest BCUT2D eigenvalue weighted by atomic mass is 79.9. The van der Waals surface area contributed by atoms with Crippen molar-refractivity contribution >= 4 is 37.6 Å². The zero-order chi connectivity index (χ0) is 16.2. The van der Waals surface area contributed by atoms with Crippen LogP contribution in [0.3, 0.4) is 0 Å². The summed E-state index contributed by atoms with van der Waals surface area (Å²) < 4.78 is 32.3. The highest BCUT2D eigenvalue weighted by molar-refractivity contribution is 9.10. The maximum Gasteiger partial charge on any atom is 0.244 e. The van der Waals surface area contributed by atoms with Crippen LogP contribution in [0.2, 0.25) is 5.02 Å². The minimum absolute atomic E-state index is 0.232. The molecule has 2 aromatic carbocycles. The molecule has 0 saturated carbocycles. The van der Waals surface area contributed by atoms with E-state index in [9.17, 15) is 8.42 Å². The van der Waals surface area contributed by atoms with Gasteiger partial charge < -0.3 is 4.74 Å². The molecule has 0 saturated heterocycles. The molecule has 0 unspecified atom stereocenters. The molecule has 0 bridgehead atoms. The van der Waals surface area contributed by atoms with Crippen LogP contribution >= 0.6 is 27.5 Å². The number of likely N-dealkylation sites (N-methyl/N-ethyl adjacent to an activating group) is 1. The lowest BCUT2D eigenvalue weighted by atomic mass is 10.3. The van der Waals surface area contributed by atoms with Gasteiger partial charge in [0.15, 0.2) is 0 Å². The van der Waals surface area contributed by atoms with Gasteiger partial charge in [0, 0.05) is 23.1 Å². The molecule has 0 amide bonds. The Morgan fingerprint density at radius 2 is 1.91 bits per heavy atom. The maximum atomic E-state index is 12.5. The second kappa shape index (κ2) is 7.46. The van der Waals surface area contributed by atoms with Crippen molar-refractivity contribution in [3.63, 3.8) is 0 Å². The number of halogens is 2. The molecule has 0 spiro atoms.